The van der Waals surface area contributed by atoms with E-state index >= 15 is 0 Å². The van der Waals surface area contributed by atoms with E-state index in [1.807, 2.05) is 18.5 Å². The van der Waals surface area contributed by atoms with Crippen molar-refractivity contribution in [1.82, 2.24) is 15.2 Å². The lowest BCUT2D eigenvalue weighted by atomic mass is 9.94. The maximum Gasteiger partial charge on any atom is 0.254 e. The summed E-state index contributed by atoms with van der Waals surface area (Å²) in [6, 6.07) is 16.8. The number of thioether (sulfide) groups is 1. The molecule has 2 aliphatic carbocycles. The van der Waals surface area contributed by atoms with Gasteiger partial charge in [0.1, 0.15) is 24.1 Å². The summed E-state index contributed by atoms with van der Waals surface area (Å²) in [6.45, 7) is 2.39. The summed E-state index contributed by atoms with van der Waals surface area (Å²) in [5.41, 5.74) is 5.72. The Morgan fingerprint density at radius 1 is 1.00 bits per heavy atom. The molecule has 2 aromatic carbocycles. The molecule has 0 radical (unpaired) electrons. The minimum absolute atomic E-state index is 0.0924. The number of carbonyl (C=O) groups is 1. The summed E-state index contributed by atoms with van der Waals surface area (Å²) in [7, 11) is 0. The average Bonchev–Trinajstić information content (AvgIpc) is 4.12. The molecule has 3 aromatic rings. The van der Waals surface area contributed by atoms with E-state index in [-0.39, 0.29) is 38.4 Å². The summed E-state index contributed by atoms with van der Waals surface area (Å²) in [5, 5.41) is 62.3. The number of pyridine rings is 1. The minimum Gasteiger partial charge on any atom is -0.490 e. The van der Waals surface area contributed by atoms with Crippen molar-refractivity contribution in [3.63, 3.8) is 0 Å². The van der Waals surface area contributed by atoms with Gasteiger partial charge in [-0.3, -0.25) is 9.78 Å². The molecule has 7 N–H and O–H groups in total. The summed E-state index contributed by atoms with van der Waals surface area (Å²) >= 11 is 1.72. The second-order valence-corrected chi connectivity index (χ2v) is 14.8. The second kappa shape index (κ2) is 19.3. The molecule has 5 rings (SSSR count). The van der Waals surface area contributed by atoms with Gasteiger partial charge in [0.15, 0.2) is 6.10 Å². The van der Waals surface area contributed by atoms with E-state index in [9.17, 15) is 25.2 Å². The van der Waals surface area contributed by atoms with Crippen LogP contribution in [0.15, 0.2) is 65.8 Å². The molecule has 52 heavy (non-hydrogen) atoms. The van der Waals surface area contributed by atoms with Crippen molar-refractivity contribution in [1.29, 1.82) is 0 Å². The van der Waals surface area contributed by atoms with Gasteiger partial charge in [-0.2, -0.15) is 0 Å². The van der Waals surface area contributed by atoms with Crippen LogP contribution >= 0.6 is 11.8 Å². The number of benzene rings is 2. The molecule has 0 saturated heterocycles. The number of amides is 1. The van der Waals surface area contributed by atoms with Crippen molar-refractivity contribution in [2.75, 3.05) is 45.3 Å². The molecule has 2 fully saturated rings. The van der Waals surface area contributed by atoms with Gasteiger partial charge in [-0.25, -0.2) is 0 Å². The van der Waals surface area contributed by atoms with Crippen LogP contribution in [-0.4, -0.2) is 122 Å². The van der Waals surface area contributed by atoms with E-state index in [0.717, 1.165) is 59.6 Å². The number of rotatable bonds is 23. The van der Waals surface area contributed by atoms with Gasteiger partial charge in [0, 0.05) is 48.0 Å². The van der Waals surface area contributed by atoms with Crippen molar-refractivity contribution in [2.24, 2.45) is 0 Å². The third kappa shape index (κ3) is 10.7. The number of ether oxygens (including phenoxy) is 2. The number of aliphatic hydroxyl groups is 6. The Balaban J connectivity index is 1.15. The first-order valence-electron chi connectivity index (χ1n) is 18.2. The molecule has 1 aromatic heterocycles. The number of para-hydroxylation sites is 1. The Hall–Kier alpha value is -3.11. The fourth-order valence-electron chi connectivity index (χ4n) is 6.15. The highest BCUT2D eigenvalue weighted by Gasteiger charge is 2.46. The maximum absolute atomic E-state index is 13.0. The summed E-state index contributed by atoms with van der Waals surface area (Å²) in [5.74, 6) is 0.887. The first-order chi connectivity index (χ1) is 25.2. The fourth-order valence-corrected chi connectivity index (χ4v) is 7.12. The molecular weight excluding hydrogens is 687 g/mol. The monoisotopic (exact) mass is 739 g/mol. The number of hydrogen-bond acceptors (Lipinski definition) is 12. The fraction of sp³-hybridized carbons (Fsp3) is 0.538. The van der Waals surface area contributed by atoms with Gasteiger partial charge in [-0.15, -0.1) is 11.8 Å². The number of nitrogens with zero attached hydrogens (tertiary/aromatic N) is 2. The van der Waals surface area contributed by atoms with E-state index in [1.54, 1.807) is 11.8 Å². The second-order valence-electron chi connectivity index (χ2n) is 13.7. The first kappa shape index (κ1) is 40.1. The van der Waals surface area contributed by atoms with Crippen LogP contribution in [0.1, 0.15) is 55.2 Å². The Morgan fingerprint density at radius 2 is 1.79 bits per heavy atom. The van der Waals surface area contributed by atoms with Crippen LogP contribution in [-0.2, 0) is 21.6 Å². The zero-order chi connectivity index (χ0) is 37.1. The Morgan fingerprint density at radius 3 is 2.52 bits per heavy atom. The number of nitrogens with one attached hydrogen (secondary N) is 1. The van der Waals surface area contributed by atoms with E-state index < -0.39 is 36.9 Å². The Kier molecular flexibility index (Phi) is 14.9. The maximum atomic E-state index is 13.0. The van der Waals surface area contributed by atoms with Crippen LogP contribution in [0.25, 0.3) is 11.1 Å². The lowest BCUT2D eigenvalue weighted by Gasteiger charge is -2.30. The van der Waals surface area contributed by atoms with Gasteiger partial charge < -0.3 is 50.3 Å². The van der Waals surface area contributed by atoms with Crippen molar-refractivity contribution in [3.8, 4) is 16.9 Å². The molecule has 1 heterocycles. The summed E-state index contributed by atoms with van der Waals surface area (Å²) < 4.78 is 11.6. The standard InChI is InChI=1S/C39H53N3O9S/c1-26-8-11-29(52-21-5-4-16-42(17-19-50-20-18-43)38(49)37(48)36(47)35(46)33(45)25-44)22-27(26)23-41-39(13-14-39)32-24-40-15-12-30(32)31-6-2-3-7-34(31)51-28-9-10-28/h2-3,6-8,11-12,15,22,24,28,33,35-37,41,43-48H,4-5,9-10,13-14,16-21,23,25H2,1H3/t33-,35+,36-,37-/m0/s1. The highest BCUT2D eigenvalue weighted by molar-refractivity contribution is 7.99. The van der Waals surface area contributed by atoms with Crippen molar-refractivity contribution < 1.29 is 44.9 Å². The molecule has 0 spiro atoms. The summed E-state index contributed by atoms with van der Waals surface area (Å²) in [4.78, 5) is 20.0. The van der Waals surface area contributed by atoms with E-state index in [2.05, 4.69) is 59.7 Å². The zero-order valence-electron chi connectivity index (χ0n) is 29.8. The van der Waals surface area contributed by atoms with Gasteiger partial charge in [0.05, 0.1) is 32.5 Å². The Labute approximate surface area is 309 Å². The lowest BCUT2D eigenvalue weighted by Crippen LogP contribution is -2.53. The molecule has 0 aliphatic heterocycles. The normalized spacial score (nSPS) is 17.3. The third-order valence-electron chi connectivity index (χ3n) is 9.67. The van der Waals surface area contributed by atoms with Gasteiger partial charge in [0.2, 0.25) is 0 Å². The molecule has 12 nitrogen and oxygen atoms in total. The highest BCUT2D eigenvalue weighted by atomic mass is 32.2. The minimum atomic E-state index is -2.00. The van der Waals surface area contributed by atoms with E-state index in [0.29, 0.717) is 19.1 Å². The number of carbonyl (C=O) groups excluding carboxylic acids is 1. The number of aliphatic hydroxyl groups excluding tert-OH is 6. The molecule has 4 atom stereocenters. The van der Waals surface area contributed by atoms with Crippen LogP contribution < -0.4 is 10.1 Å². The van der Waals surface area contributed by atoms with Crippen LogP contribution in [0, 0.1) is 6.92 Å². The first-order valence-corrected chi connectivity index (χ1v) is 19.1. The molecule has 2 saturated carbocycles. The third-order valence-corrected chi connectivity index (χ3v) is 10.8. The average molecular weight is 740 g/mol. The van der Waals surface area contributed by atoms with Crippen LogP contribution in [0.3, 0.4) is 0 Å². The molecule has 1 amide bonds. The van der Waals surface area contributed by atoms with Crippen molar-refractivity contribution in [2.45, 2.75) is 92.9 Å². The largest absolute Gasteiger partial charge is 0.490 e. The van der Waals surface area contributed by atoms with Gasteiger partial charge in [-0.1, -0.05) is 24.3 Å². The van der Waals surface area contributed by atoms with Gasteiger partial charge in [0.25, 0.3) is 5.91 Å². The lowest BCUT2D eigenvalue weighted by molar-refractivity contribution is -0.159. The van der Waals surface area contributed by atoms with Crippen LogP contribution in [0.4, 0.5) is 0 Å². The Bertz CT molecular complexity index is 1590. The van der Waals surface area contributed by atoms with Crippen molar-refractivity contribution in [3.05, 3.63) is 77.6 Å². The smallest absolute Gasteiger partial charge is 0.254 e. The van der Waals surface area contributed by atoms with Crippen LogP contribution in [0.2, 0.25) is 0 Å². The topological polar surface area (TPSA) is 185 Å². The SMILES string of the molecule is Cc1ccc(SCCCCN(CCOCCO)C(=O)[C@@H](O)[C@@H](O)[C@H](O)[C@@H](O)CO)cc1CNC1(c2cnccc2-c2ccccc2OC2CC2)CC1. The molecule has 284 valence electrons. The van der Waals surface area contributed by atoms with E-state index in [1.165, 1.54) is 21.6 Å². The highest BCUT2D eigenvalue weighted by Crippen LogP contribution is 2.50. The van der Waals surface area contributed by atoms with Crippen LogP contribution in [0.5, 0.6) is 5.75 Å². The quantitative estimate of drug-likeness (QED) is 0.0558. The number of aryl methyl sites for hydroxylation is 1. The number of unbranched alkanes of at least 4 members (excludes halogenated alkanes) is 1. The number of hydrogen-bond donors (Lipinski definition) is 7. The van der Waals surface area contributed by atoms with Gasteiger partial charge >= 0.3 is 0 Å². The molecular formula is C39H53N3O9S. The predicted molar refractivity (Wildman–Crippen MR) is 198 cm³/mol. The molecule has 0 bridgehead atoms. The molecule has 13 heteroatoms. The molecule has 0 unspecified atom stereocenters. The molecule has 2 aliphatic rings. The van der Waals surface area contributed by atoms with E-state index in [4.69, 9.17) is 19.7 Å². The van der Waals surface area contributed by atoms with Gasteiger partial charge in [-0.05, 0) is 97.7 Å². The zero-order valence-corrected chi connectivity index (χ0v) is 30.6. The predicted octanol–water partition coefficient (Wildman–Crippen LogP) is 2.52. The summed E-state index contributed by atoms with van der Waals surface area (Å²) in [6.07, 6.45) is 2.18. The number of aromatic nitrogens is 1. The van der Waals surface area contributed by atoms with Crippen molar-refractivity contribution >= 4 is 17.7 Å².